The predicted octanol–water partition coefficient (Wildman–Crippen LogP) is 15.8. The molecule has 0 aromatic heterocycles. The zero-order valence-corrected chi connectivity index (χ0v) is 39.1. The molecule has 0 spiro atoms. The Morgan fingerprint density at radius 3 is 1.12 bits per heavy atom. The minimum atomic E-state index is -5.51. The fourth-order valence-electron chi connectivity index (χ4n) is 9.21. The van der Waals surface area contributed by atoms with Crippen molar-refractivity contribution in [1.82, 2.24) is 0 Å². The van der Waals surface area contributed by atoms with Crippen LogP contribution in [-0.2, 0) is 25.7 Å². The second kappa shape index (κ2) is 29.3. The van der Waals surface area contributed by atoms with Gasteiger partial charge in [-0.3, -0.25) is 0 Å². The predicted molar refractivity (Wildman–Crippen MR) is 258 cm³/mol. The Morgan fingerprint density at radius 2 is 0.638 bits per heavy atom. The fourth-order valence-corrected chi connectivity index (χ4v) is 11.6. The molecule has 3 nitrogen and oxygen atoms in total. The average molecular weight is 817 g/mol. The van der Waals surface area contributed by atoms with Gasteiger partial charge in [-0.15, -0.1) is 0 Å². The van der Waals surface area contributed by atoms with Crippen LogP contribution in [0.1, 0.15) is 230 Å². The molecule has 0 heterocycles. The van der Waals surface area contributed by atoms with E-state index in [-0.39, 0.29) is 0 Å². The van der Waals surface area contributed by atoms with E-state index in [0.717, 1.165) is 68.1 Å². The first-order chi connectivity index (χ1) is 28.3. The van der Waals surface area contributed by atoms with E-state index in [2.05, 4.69) is 52.0 Å². The molecule has 0 aliphatic rings. The molecule has 0 radical (unpaired) electrons. The van der Waals surface area contributed by atoms with E-state index in [0.29, 0.717) is 10.6 Å². The molecule has 58 heavy (non-hydrogen) atoms. The standard InChI is InChI=1S/C54H89O3P/c1-5-9-13-17-21-25-29-37-47-40-35-43-50(49(47)41-31-27-23-19-15-11-7-3)51-44-36-46-54(52(51)42-32-28-24-20-16-12-8-4)58(55,56,57)53-45-34-33-39-48(53)38-30-26-22-18-14-10-6-2/h33-36,39-40,43-46,55-57H,5-32,37-38,41-42H2,1-4H3. The summed E-state index contributed by atoms with van der Waals surface area (Å²) < 4.78 is 0. The molecular formula is C54H89O3P. The third kappa shape index (κ3) is 17.5. The van der Waals surface area contributed by atoms with Crippen molar-refractivity contribution in [2.24, 2.45) is 0 Å². The summed E-state index contributed by atoms with van der Waals surface area (Å²) in [6.45, 7) is 9.09. The van der Waals surface area contributed by atoms with Crippen LogP contribution in [0.4, 0.5) is 0 Å². The molecule has 0 unspecified atom stereocenters. The Kier molecular flexibility index (Phi) is 25.4. The van der Waals surface area contributed by atoms with Crippen LogP contribution in [0.3, 0.4) is 0 Å². The van der Waals surface area contributed by atoms with E-state index in [1.54, 1.807) is 6.07 Å². The SMILES string of the molecule is CCCCCCCCCc1ccccc1P(O)(O)(O)c1cccc(-c2cccc(CCCCCCCCC)c2CCCCCCCCC)c1CCCCCCCCC. The second-order valence-corrected chi connectivity index (χ2v) is 20.8. The molecule has 0 bridgehead atoms. The molecule has 0 saturated carbocycles. The first-order valence-corrected chi connectivity index (χ1v) is 26.9. The van der Waals surface area contributed by atoms with E-state index in [1.807, 2.05) is 30.3 Å². The van der Waals surface area contributed by atoms with Crippen molar-refractivity contribution < 1.29 is 14.7 Å². The minimum absolute atomic E-state index is 0.327. The average Bonchev–Trinajstić information content (AvgIpc) is 3.22. The third-order valence-corrected chi connectivity index (χ3v) is 15.4. The van der Waals surface area contributed by atoms with Crippen molar-refractivity contribution in [2.45, 2.75) is 233 Å². The van der Waals surface area contributed by atoms with Crippen LogP contribution >= 0.6 is 7.28 Å². The Hall–Kier alpha value is -2.03. The van der Waals surface area contributed by atoms with Crippen molar-refractivity contribution in [3.05, 3.63) is 82.9 Å². The van der Waals surface area contributed by atoms with Gasteiger partial charge in [0.05, 0.1) is 0 Å². The Morgan fingerprint density at radius 1 is 0.310 bits per heavy atom. The summed E-state index contributed by atoms with van der Waals surface area (Å²) in [4.78, 5) is 37.8. The summed E-state index contributed by atoms with van der Waals surface area (Å²) in [6, 6.07) is 20.5. The molecule has 3 N–H and O–H groups in total. The number of rotatable bonds is 35. The van der Waals surface area contributed by atoms with Crippen LogP contribution in [0, 0.1) is 0 Å². The number of unbranched alkanes of at least 4 members (excludes halogenated alkanes) is 24. The monoisotopic (exact) mass is 817 g/mol. The molecule has 3 aromatic carbocycles. The fraction of sp³-hybridized carbons (Fsp3) is 0.667. The van der Waals surface area contributed by atoms with E-state index in [1.165, 1.54) is 171 Å². The van der Waals surface area contributed by atoms with Crippen LogP contribution in [-0.4, -0.2) is 14.7 Å². The molecule has 0 fully saturated rings. The Balaban J connectivity index is 2.03. The number of hydrogen-bond acceptors (Lipinski definition) is 3. The van der Waals surface area contributed by atoms with Crippen LogP contribution in [0.2, 0.25) is 0 Å². The van der Waals surface area contributed by atoms with E-state index >= 15 is 0 Å². The van der Waals surface area contributed by atoms with Gasteiger partial charge in [0, 0.05) is 0 Å². The van der Waals surface area contributed by atoms with Gasteiger partial charge in [-0.05, 0) is 0 Å². The summed E-state index contributed by atoms with van der Waals surface area (Å²) in [5.74, 6) is 0. The van der Waals surface area contributed by atoms with Gasteiger partial charge in [0.1, 0.15) is 0 Å². The van der Waals surface area contributed by atoms with E-state index < -0.39 is 7.28 Å². The van der Waals surface area contributed by atoms with Crippen LogP contribution in [0.25, 0.3) is 11.1 Å². The van der Waals surface area contributed by atoms with Crippen molar-refractivity contribution in [1.29, 1.82) is 0 Å². The summed E-state index contributed by atoms with van der Waals surface area (Å²) in [7, 11) is -5.51. The first kappa shape index (κ1) is 50.3. The molecule has 0 amide bonds. The topological polar surface area (TPSA) is 60.7 Å². The van der Waals surface area contributed by atoms with Gasteiger partial charge >= 0.3 is 327 Å². The van der Waals surface area contributed by atoms with Gasteiger partial charge in [0.25, 0.3) is 0 Å². The summed E-state index contributed by atoms with van der Waals surface area (Å²) in [6.07, 6.45) is 38.4. The number of aryl methyl sites for hydroxylation is 2. The molecular weight excluding hydrogens is 728 g/mol. The van der Waals surface area contributed by atoms with Gasteiger partial charge in [-0.2, -0.15) is 0 Å². The third-order valence-electron chi connectivity index (χ3n) is 12.8. The van der Waals surface area contributed by atoms with E-state index in [9.17, 15) is 14.7 Å². The Bertz CT molecular complexity index is 1500. The van der Waals surface area contributed by atoms with Gasteiger partial charge in [0.2, 0.25) is 0 Å². The summed E-state index contributed by atoms with van der Waals surface area (Å²) in [5.41, 5.74) is 7.01. The van der Waals surface area contributed by atoms with Crippen molar-refractivity contribution >= 4 is 17.9 Å². The quantitative estimate of drug-likeness (QED) is 0.0409. The Labute approximate surface area is 358 Å². The maximum atomic E-state index is 12.6. The van der Waals surface area contributed by atoms with Gasteiger partial charge in [-0.25, -0.2) is 0 Å². The zero-order valence-electron chi connectivity index (χ0n) is 38.2. The zero-order chi connectivity index (χ0) is 41.8. The van der Waals surface area contributed by atoms with Crippen molar-refractivity contribution in [2.75, 3.05) is 0 Å². The molecule has 0 atom stereocenters. The maximum absolute atomic E-state index is 12.6. The number of benzene rings is 3. The molecule has 3 aromatic rings. The van der Waals surface area contributed by atoms with E-state index in [4.69, 9.17) is 0 Å². The normalized spacial score (nSPS) is 12.6. The molecule has 0 saturated heterocycles. The van der Waals surface area contributed by atoms with Crippen molar-refractivity contribution in [3.63, 3.8) is 0 Å². The summed E-state index contributed by atoms with van der Waals surface area (Å²) in [5, 5.41) is 0.675. The second-order valence-electron chi connectivity index (χ2n) is 17.8. The van der Waals surface area contributed by atoms with Crippen LogP contribution in [0.15, 0.2) is 60.7 Å². The molecule has 328 valence electrons. The van der Waals surface area contributed by atoms with Gasteiger partial charge in [-0.1, -0.05) is 33.1 Å². The number of hydrogen-bond donors (Lipinski definition) is 3. The molecule has 4 heteroatoms. The molecule has 3 rings (SSSR count). The first-order valence-electron chi connectivity index (χ1n) is 24.9. The summed E-state index contributed by atoms with van der Waals surface area (Å²) >= 11 is 0. The van der Waals surface area contributed by atoms with Crippen molar-refractivity contribution in [3.8, 4) is 11.1 Å². The molecule has 0 aliphatic heterocycles. The van der Waals surface area contributed by atoms with Gasteiger partial charge < -0.3 is 0 Å². The van der Waals surface area contributed by atoms with Crippen LogP contribution in [0.5, 0.6) is 0 Å². The van der Waals surface area contributed by atoms with Gasteiger partial charge in [0.15, 0.2) is 0 Å². The molecule has 0 aliphatic carbocycles. The van der Waals surface area contributed by atoms with Crippen LogP contribution < -0.4 is 10.6 Å².